The van der Waals surface area contributed by atoms with Gasteiger partial charge in [0.1, 0.15) is 0 Å². The molecule has 2 rings (SSSR count). The van der Waals surface area contributed by atoms with Gasteiger partial charge in [-0.1, -0.05) is 18.2 Å². The molecule has 1 heterocycles. The van der Waals surface area contributed by atoms with Crippen molar-refractivity contribution < 1.29 is 9.90 Å². The predicted molar refractivity (Wildman–Crippen MR) is 67.3 cm³/mol. The van der Waals surface area contributed by atoms with Crippen LogP contribution in [-0.2, 0) is 4.79 Å². The first-order valence-electron chi connectivity index (χ1n) is 6.08. The smallest absolute Gasteiger partial charge is 0.307 e. The van der Waals surface area contributed by atoms with E-state index in [0.29, 0.717) is 12.5 Å². The third kappa shape index (κ3) is 2.67. The Morgan fingerprint density at radius 1 is 1.29 bits per heavy atom. The Hall–Kier alpha value is -1.35. The molecule has 1 aliphatic heterocycles. The molecule has 0 amide bonds. The van der Waals surface area contributed by atoms with E-state index in [1.807, 2.05) is 0 Å². The standard InChI is InChI=1S/C14H19NO2/c1-9-3-4-11(5-10(9)2)12-6-13(14(16)17)8-15-7-12/h3-5,12-13,15H,6-8H2,1-2H3,(H,16,17). The van der Waals surface area contributed by atoms with E-state index in [2.05, 4.69) is 37.4 Å². The molecular weight excluding hydrogens is 214 g/mol. The summed E-state index contributed by atoms with van der Waals surface area (Å²) in [6.07, 6.45) is 0.741. The van der Waals surface area contributed by atoms with Crippen LogP contribution in [0.4, 0.5) is 0 Å². The van der Waals surface area contributed by atoms with Gasteiger partial charge in [-0.15, -0.1) is 0 Å². The number of hydrogen-bond donors (Lipinski definition) is 2. The molecule has 2 atom stereocenters. The summed E-state index contributed by atoms with van der Waals surface area (Å²) < 4.78 is 0. The maximum absolute atomic E-state index is 11.0. The Morgan fingerprint density at radius 2 is 2.06 bits per heavy atom. The monoisotopic (exact) mass is 233 g/mol. The van der Waals surface area contributed by atoms with Crippen LogP contribution in [0.2, 0.25) is 0 Å². The Morgan fingerprint density at radius 3 is 2.71 bits per heavy atom. The molecule has 0 saturated carbocycles. The second-order valence-electron chi connectivity index (χ2n) is 4.97. The molecule has 3 heteroatoms. The van der Waals surface area contributed by atoms with Crippen molar-refractivity contribution in [3.8, 4) is 0 Å². The fourth-order valence-corrected chi connectivity index (χ4v) is 2.40. The largest absolute Gasteiger partial charge is 0.481 e. The molecule has 1 fully saturated rings. The molecule has 1 aliphatic rings. The molecule has 2 N–H and O–H groups in total. The fraction of sp³-hybridized carbons (Fsp3) is 0.500. The zero-order valence-corrected chi connectivity index (χ0v) is 10.4. The van der Waals surface area contributed by atoms with Gasteiger partial charge in [0, 0.05) is 13.1 Å². The Labute approximate surface area is 102 Å². The van der Waals surface area contributed by atoms with Crippen molar-refractivity contribution >= 4 is 5.97 Å². The van der Waals surface area contributed by atoms with E-state index < -0.39 is 5.97 Å². The first-order chi connectivity index (χ1) is 8.08. The van der Waals surface area contributed by atoms with Crippen molar-refractivity contribution in [1.29, 1.82) is 0 Å². The first-order valence-corrected chi connectivity index (χ1v) is 6.08. The highest BCUT2D eigenvalue weighted by Crippen LogP contribution is 2.27. The molecule has 92 valence electrons. The van der Waals surface area contributed by atoms with E-state index in [4.69, 9.17) is 5.11 Å². The third-order valence-corrected chi connectivity index (χ3v) is 3.70. The number of benzene rings is 1. The second kappa shape index (κ2) is 4.88. The van der Waals surface area contributed by atoms with Gasteiger partial charge in [0.2, 0.25) is 0 Å². The predicted octanol–water partition coefficient (Wildman–Crippen LogP) is 2.08. The van der Waals surface area contributed by atoms with E-state index in [1.54, 1.807) is 0 Å². The summed E-state index contributed by atoms with van der Waals surface area (Å²) in [7, 11) is 0. The van der Waals surface area contributed by atoms with Crippen LogP contribution in [0.1, 0.15) is 29.0 Å². The van der Waals surface area contributed by atoms with E-state index >= 15 is 0 Å². The highest BCUT2D eigenvalue weighted by molar-refractivity contribution is 5.70. The maximum atomic E-state index is 11.0. The SMILES string of the molecule is Cc1ccc(C2CNCC(C(=O)O)C2)cc1C. The van der Waals surface area contributed by atoms with Gasteiger partial charge in [0.05, 0.1) is 5.92 Å². The van der Waals surface area contributed by atoms with Crippen molar-refractivity contribution in [2.24, 2.45) is 5.92 Å². The summed E-state index contributed by atoms with van der Waals surface area (Å²) in [5.74, 6) is -0.620. The van der Waals surface area contributed by atoms with Crippen molar-refractivity contribution in [3.63, 3.8) is 0 Å². The zero-order chi connectivity index (χ0) is 12.4. The lowest BCUT2D eigenvalue weighted by atomic mass is 9.84. The Balaban J connectivity index is 2.16. The molecule has 1 aromatic carbocycles. The van der Waals surface area contributed by atoms with Crippen molar-refractivity contribution in [2.45, 2.75) is 26.2 Å². The van der Waals surface area contributed by atoms with Crippen LogP contribution in [-0.4, -0.2) is 24.2 Å². The van der Waals surface area contributed by atoms with Crippen LogP contribution in [0.3, 0.4) is 0 Å². The first kappa shape index (κ1) is 12.1. The molecule has 0 bridgehead atoms. The normalized spacial score (nSPS) is 24.6. The van der Waals surface area contributed by atoms with Crippen LogP contribution in [0, 0.1) is 19.8 Å². The summed E-state index contributed by atoms with van der Waals surface area (Å²) in [4.78, 5) is 11.0. The van der Waals surface area contributed by atoms with E-state index in [9.17, 15) is 4.79 Å². The van der Waals surface area contributed by atoms with Gasteiger partial charge in [-0.05, 0) is 42.9 Å². The molecule has 3 nitrogen and oxygen atoms in total. The lowest BCUT2D eigenvalue weighted by molar-refractivity contribution is -0.142. The maximum Gasteiger partial charge on any atom is 0.307 e. The number of hydrogen-bond acceptors (Lipinski definition) is 2. The van der Waals surface area contributed by atoms with Gasteiger partial charge in [0.25, 0.3) is 0 Å². The van der Waals surface area contributed by atoms with Crippen molar-refractivity contribution in [1.82, 2.24) is 5.32 Å². The topological polar surface area (TPSA) is 49.3 Å². The second-order valence-corrected chi connectivity index (χ2v) is 4.97. The Kier molecular flexibility index (Phi) is 3.48. The van der Waals surface area contributed by atoms with Gasteiger partial charge in [-0.2, -0.15) is 0 Å². The average Bonchev–Trinajstić information content (AvgIpc) is 2.33. The van der Waals surface area contributed by atoms with Crippen molar-refractivity contribution in [3.05, 3.63) is 34.9 Å². The number of carbonyl (C=O) groups is 1. The van der Waals surface area contributed by atoms with Crippen LogP contribution >= 0.6 is 0 Å². The average molecular weight is 233 g/mol. The molecule has 1 aromatic rings. The Bertz CT molecular complexity index is 428. The number of carboxylic acids is 1. The number of rotatable bonds is 2. The highest BCUT2D eigenvalue weighted by Gasteiger charge is 2.27. The van der Waals surface area contributed by atoms with Crippen LogP contribution < -0.4 is 5.32 Å². The van der Waals surface area contributed by atoms with Gasteiger partial charge in [-0.25, -0.2) is 0 Å². The van der Waals surface area contributed by atoms with Gasteiger partial charge < -0.3 is 10.4 Å². The number of piperidine rings is 1. The summed E-state index contributed by atoms with van der Waals surface area (Å²) in [6, 6.07) is 6.43. The molecular formula is C14H19NO2. The molecule has 0 radical (unpaired) electrons. The lowest BCUT2D eigenvalue weighted by Crippen LogP contribution is -2.38. The lowest BCUT2D eigenvalue weighted by Gasteiger charge is -2.28. The quantitative estimate of drug-likeness (QED) is 0.822. The van der Waals surface area contributed by atoms with E-state index in [0.717, 1.165) is 13.0 Å². The third-order valence-electron chi connectivity index (χ3n) is 3.70. The van der Waals surface area contributed by atoms with E-state index in [-0.39, 0.29) is 5.92 Å². The minimum Gasteiger partial charge on any atom is -0.481 e. The number of nitrogens with one attached hydrogen (secondary N) is 1. The molecule has 0 aromatic heterocycles. The molecule has 2 unspecified atom stereocenters. The van der Waals surface area contributed by atoms with Crippen LogP contribution in [0.25, 0.3) is 0 Å². The van der Waals surface area contributed by atoms with Gasteiger partial charge >= 0.3 is 5.97 Å². The minimum absolute atomic E-state index is 0.254. The van der Waals surface area contributed by atoms with Crippen LogP contribution in [0.5, 0.6) is 0 Å². The number of aliphatic carboxylic acids is 1. The summed E-state index contributed by atoms with van der Waals surface area (Å²) in [6.45, 7) is 5.67. The summed E-state index contributed by atoms with van der Waals surface area (Å²) >= 11 is 0. The van der Waals surface area contributed by atoms with E-state index in [1.165, 1.54) is 16.7 Å². The van der Waals surface area contributed by atoms with Crippen LogP contribution in [0.15, 0.2) is 18.2 Å². The number of aryl methyl sites for hydroxylation is 2. The van der Waals surface area contributed by atoms with Crippen molar-refractivity contribution in [2.75, 3.05) is 13.1 Å². The molecule has 0 aliphatic carbocycles. The zero-order valence-electron chi connectivity index (χ0n) is 10.4. The van der Waals surface area contributed by atoms with Gasteiger partial charge in [-0.3, -0.25) is 4.79 Å². The molecule has 0 spiro atoms. The number of carboxylic acid groups (broad SMARTS) is 1. The highest BCUT2D eigenvalue weighted by atomic mass is 16.4. The summed E-state index contributed by atoms with van der Waals surface area (Å²) in [5, 5.41) is 12.3. The fourth-order valence-electron chi connectivity index (χ4n) is 2.40. The molecule has 17 heavy (non-hydrogen) atoms. The minimum atomic E-state index is -0.689. The summed E-state index contributed by atoms with van der Waals surface area (Å²) in [5.41, 5.74) is 3.82. The van der Waals surface area contributed by atoms with Gasteiger partial charge in [0.15, 0.2) is 0 Å². The molecule has 1 saturated heterocycles.